The van der Waals surface area contributed by atoms with Crippen LogP contribution < -0.4 is 73.1 Å². The number of carbonyl (C=O) groups excluding carboxylic acids is 9. The van der Waals surface area contributed by atoms with E-state index in [-0.39, 0.29) is 91.4 Å². The Hall–Kier alpha value is -10.7. The van der Waals surface area contributed by atoms with E-state index in [0.29, 0.717) is 11.8 Å². The van der Waals surface area contributed by atoms with E-state index in [1.165, 1.54) is 50.4 Å². The number of aliphatic hydroxyl groups is 5. The number of likely N-dealkylation sites (N-methyl/N-ethyl adjacent to an activating group) is 1. The van der Waals surface area contributed by atoms with Gasteiger partial charge in [0.2, 0.25) is 59.3 Å². The van der Waals surface area contributed by atoms with E-state index < -0.39 is 192 Å². The smallest absolute Gasteiger partial charge is 0.325 e. The number of imide groups is 1. The Balaban J connectivity index is 0.991. The van der Waals surface area contributed by atoms with Gasteiger partial charge < -0.3 is 113 Å². The van der Waals surface area contributed by atoms with Gasteiger partial charge in [0.25, 0.3) is 0 Å². The molecule has 16 rings (SSSR count). The molecule has 1 unspecified atom stereocenters. The molecule has 5 fully saturated rings. The first kappa shape index (κ1) is 81.3. The molecule has 0 radical (unpaired) electrons. The molecule has 1 saturated heterocycles. The average molecular weight is 1590 g/mol. The highest BCUT2D eigenvalue weighted by molar-refractivity contribution is 6.32. The maximum atomic E-state index is 16.4. The van der Waals surface area contributed by atoms with Crippen molar-refractivity contribution in [2.45, 2.75) is 183 Å². The first-order valence-corrected chi connectivity index (χ1v) is 38.6. The van der Waals surface area contributed by atoms with Crippen LogP contribution in [0, 0.1) is 36.5 Å². The summed E-state index contributed by atoms with van der Waals surface area (Å²) >= 11 is 7.19. The number of anilines is 1. The summed E-state index contributed by atoms with van der Waals surface area (Å²) in [5.41, 5.74) is 5.54. The highest BCUT2D eigenvalue weighted by Gasteiger charge is 2.51. The van der Waals surface area contributed by atoms with Gasteiger partial charge in [-0.3, -0.25) is 43.7 Å². The lowest BCUT2D eigenvalue weighted by atomic mass is 9.54. The van der Waals surface area contributed by atoms with Crippen molar-refractivity contribution < 1.29 is 103 Å². The number of nitrogens with one attached hydrogen (secondary N) is 10. The van der Waals surface area contributed by atoms with Crippen molar-refractivity contribution in [3.8, 4) is 57.1 Å². The standard InChI is InChI=1S/C81H94ClN11O21/c1-6-7-8-36-9-14-45(15-10-36)85-81(110)87-59(97)32-51-74(104)89-63-44-28-56(111-54-17-12-40(20-35(54)4)67(98)65(78(108)86-51)92-73(103)50(84-5)19-34(2)3)72(114-80-71(102)70(101)69(100)58(33-83)113-80)57(29-44)112-55-18-13-41(27-49(55)82)68(99)66-79(109)91-64(77(107)88-61-42-22-37-21-38(24-42)25-43(61)23-37)48-30-46(94)31-53(96)60(48)47-26-39(11-16-52(47)95)62(75(105)93-66)90-76(63)106/h9-18,20,26-31,34,37-38,42-43,50-51,58,61-71,80,84,94-96,98-102H,6-8,19,21-25,32-33,83H2,1-5H3,(H,86,108)(H,88,107)(H,89,104)(H,90,106)(H,91,109)(H,92,103)(H,93,105)(H2,85,87,97,110)/t37?,38?,42?,43?,50-,51+,58-,61?,62-,63?,64+,65-,66+,67-,68-,69-,70+,71-,80+/m1/s1. The lowest BCUT2D eigenvalue weighted by molar-refractivity contribution is -0.270. The van der Waals surface area contributed by atoms with Crippen molar-refractivity contribution in [3.05, 3.63) is 147 Å². The number of hydrogen-bond acceptors (Lipinski definition) is 23. The van der Waals surface area contributed by atoms with Crippen LogP contribution in [0.2, 0.25) is 5.02 Å². The Labute approximate surface area is 660 Å². The molecule has 4 saturated carbocycles. The SMILES string of the molecule is CCCCc1ccc(NC(=O)NC(=O)C[C@@H]2NC(=O)[C@H](NC(=O)[C@@H](CC(C)C)NC)[C@H](O)c3ccc(c(C)c3)Oc3cc4cc(c3O[C@@H]3O[C@H](CN)[C@@H](O)[C@H](O)[C@H]3O)Oc3ccc(cc3Cl)[C@@H](O)[C@@H]3NC(=O)[C@H](NC(=O)C4NC2=O)c2ccc(O)c(c2)-c2c(O)cc(O)cc2[C@@H](C(=O)NC2C4CC5CC(C4)CC2C5)NC3=O)cc1. The number of nitrogens with two attached hydrogens (primary N) is 1. The predicted molar refractivity (Wildman–Crippen MR) is 409 cm³/mol. The lowest BCUT2D eigenvalue weighted by Crippen LogP contribution is -2.60. The number of ether oxygens (including phenoxy) is 4. The van der Waals surface area contributed by atoms with Gasteiger partial charge in [-0.2, -0.15) is 0 Å². The number of benzene rings is 6. The van der Waals surface area contributed by atoms with Gasteiger partial charge in [0.15, 0.2) is 11.5 Å². The fraction of sp³-hybridized carbons (Fsp3) is 0.444. The minimum Gasteiger partial charge on any atom is -0.508 e. The Kier molecular flexibility index (Phi) is 24.4. The predicted octanol–water partition coefficient (Wildman–Crippen LogP) is 4.55. The van der Waals surface area contributed by atoms with Gasteiger partial charge >= 0.3 is 6.03 Å². The van der Waals surface area contributed by atoms with Crippen molar-refractivity contribution in [2.24, 2.45) is 35.3 Å². The van der Waals surface area contributed by atoms with Crippen LogP contribution in [0.15, 0.2) is 103 Å². The minimum atomic E-state index is -2.33. The van der Waals surface area contributed by atoms with Crippen LogP contribution in [0.5, 0.6) is 46.0 Å². The summed E-state index contributed by atoms with van der Waals surface area (Å²) in [7, 11) is 1.50. The van der Waals surface area contributed by atoms with Gasteiger partial charge in [-0.1, -0.05) is 69.1 Å². The van der Waals surface area contributed by atoms with Crippen LogP contribution in [0.25, 0.3) is 11.1 Å². The van der Waals surface area contributed by atoms with Crippen molar-refractivity contribution in [2.75, 3.05) is 18.9 Å². The molecule has 114 heavy (non-hydrogen) atoms. The number of hydrogen-bond donors (Lipinski definition) is 19. The number of urea groups is 1. The Morgan fingerprint density at radius 3 is 1.94 bits per heavy atom. The number of unbranched alkanes of at least 4 members (excludes halogenated alkanes) is 1. The molecule has 6 aromatic rings. The van der Waals surface area contributed by atoms with Crippen LogP contribution in [0.4, 0.5) is 10.5 Å². The number of phenols is 3. The summed E-state index contributed by atoms with van der Waals surface area (Å²) < 4.78 is 25.9. The third-order valence-electron chi connectivity index (χ3n) is 22.5. The second-order valence-electron chi connectivity index (χ2n) is 31.0. The molecule has 4 aliphatic carbocycles. The molecular weight excluding hydrogens is 1500 g/mol. The molecule has 10 amide bonds. The van der Waals surface area contributed by atoms with E-state index in [0.717, 1.165) is 99.4 Å². The highest BCUT2D eigenvalue weighted by atomic mass is 35.5. The summed E-state index contributed by atoms with van der Waals surface area (Å²) in [4.78, 5) is 137. The van der Waals surface area contributed by atoms with Crippen LogP contribution in [-0.4, -0.2) is 169 Å². The molecule has 10 aliphatic rings. The zero-order chi connectivity index (χ0) is 81.4. The number of rotatable bonds is 16. The third-order valence-corrected chi connectivity index (χ3v) is 22.8. The normalized spacial score (nSPS) is 28.0. The monoisotopic (exact) mass is 1590 g/mol. The van der Waals surface area contributed by atoms with E-state index in [2.05, 4.69) is 53.2 Å². The molecule has 14 atom stereocenters. The highest BCUT2D eigenvalue weighted by Crippen LogP contribution is 2.55. The number of halogens is 1. The summed E-state index contributed by atoms with van der Waals surface area (Å²) in [6.07, 6.45) is -7.27. The maximum Gasteiger partial charge on any atom is 0.325 e. The molecule has 32 nitrogen and oxygen atoms in total. The van der Waals surface area contributed by atoms with Crippen molar-refractivity contribution in [1.82, 2.24) is 47.9 Å². The molecule has 6 aromatic carbocycles. The molecule has 606 valence electrons. The third kappa shape index (κ3) is 17.4. The van der Waals surface area contributed by atoms with Crippen LogP contribution in [0.3, 0.4) is 0 Å². The van der Waals surface area contributed by atoms with E-state index in [9.17, 15) is 55.2 Å². The number of carbonyl (C=O) groups is 9. The topological polar surface area (TPSA) is 499 Å². The molecular formula is C81H94ClN11O21. The zero-order valence-electron chi connectivity index (χ0n) is 63.0. The van der Waals surface area contributed by atoms with Crippen LogP contribution in [0.1, 0.15) is 148 Å². The Bertz CT molecular complexity index is 4690. The second kappa shape index (κ2) is 34.2. The van der Waals surface area contributed by atoms with Crippen LogP contribution in [-0.2, 0) is 49.5 Å². The Morgan fingerprint density at radius 2 is 1.29 bits per heavy atom. The molecule has 6 heterocycles. The van der Waals surface area contributed by atoms with Gasteiger partial charge in [-0.25, -0.2) is 4.79 Å². The van der Waals surface area contributed by atoms with Gasteiger partial charge in [0, 0.05) is 35.5 Å². The quantitative estimate of drug-likeness (QED) is 0.0632. The van der Waals surface area contributed by atoms with E-state index in [1.54, 1.807) is 24.3 Å². The number of amides is 10. The zero-order valence-corrected chi connectivity index (χ0v) is 63.7. The molecule has 33 heteroatoms. The van der Waals surface area contributed by atoms with Gasteiger partial charge in [0.05, 0.1) is 17.5 Å². The number of fused-ring (bicyclic) bond motifs is 15. The summed E-state index contributed by atoms with van der Waals surface area (Å²) in [6, 6.07) is 6.75. The second-order valence-corrected chi connectivity index (χ2v) is 31.4. The van der Waals surface area contributed by atoms with Crippen LogP contribution >= 0.6 is 11.6 Å². The van der Waals surface area contributed by atoms with E-state index in [4.69, 9.17) is 36.3 Å². The number of aliphatic hydroxyl groups excluding tert-OH is 5. The molecule has 0 aromatic heterocycles. The number of phenolic OH excluding ortho intramolecular Hbond substituents is 3. The summed E-state index contributed by atoms with van der Waals surface area (Å²) in [5, 5.41) is 121. The maximum absolute atomic E-state index is 16.4. The van der Waals surface area contributed by atoms with Crippen molar-refractivity contribution in [3.63, 3.8) is 0 Å². The van der Waals surface area contributed by atoms with Crippen molar-refractivity contribution >= 4 is 70.6 Å². The molecule has 20 N–H and O–H groups in total. The fourth-order valence-corrected chi connectivity index (χ4v) is 17.1. The number of aryl methyl sites for hydroxylation is 2. The van der Waals surface area contributed by atoms with Gasteiger partial charge in [0.1, 0.15) is 102 Å². The van der Waals surface area contributed by atoms with Gasteiger partial charge in [-0.05, 0) is 201 Å². The van der Waals surface area contributed by atoms with Gasteiger partial charge in [-0.15, -0.1) is 0 Å². The summed E-state index contributed by atoms with van der Waals surface area (Å²) in [6.45, 7) is 6.80. The molecule has 15 bridgehead atoms. The first-order chi connectivity index (χ1) is 54.4. The molecule has 6 aliphatic heterocycles. The number of aromatic hydroxyl groups is 3. The summed E-state index contributed by atoms with van der Waals surface area (Å²) in [5.74, 6) is -12.5. The van der Waals surface area contributed by atoms with E-state index in [1.807, 2.05) is 20.8 Å². The minimum absolute atomic E-state index is 0.0320. The fourth-order valence-electron chi connectivity index (χ4n) is 16.8. The Morgan fingerprint density at radius 1 is 0.649 bits per heavy atom. The van der Waals surface area contributed by atoms with E-state index >= 15 is 28.8 Å². The first-order valence-electron chi connectivity index (χ1n) is 38.2. The average Bonchev–Trinajstić information content (AvgIpc) is 0.755. The largest absolute Gasteiger partial charge is 0.508 e. The lowest BCUT2D eigenvalue weighted by Gasteiger charge is -2.54. The van der Waals surface area contributed by atoms with Crippen molar-refractivity contribution in [1.29, 1.82) is 0 Å². The molecule has 0 spiro atoms.